The molecule has 0 radical (unpaired) electrons. The number of benzene rings is 1. The Labute approximate surface area is 146 Å². The third kappa shape index (κ3) is 3.27. The molecule has 4 rings (SSSR count). The summed E-state index contributed by atoms with van der Waals surface area (Å²) in [6, 6.07) is 13.8. The summed E-state index contributed by atoms with van der Waals surface area (Å²) in [5.41, 5.74) is 3.18. The van der Waals surface area contributed by atoms with Crippen LogP contribution in [0.1, 0.15) is 18.5 Å². The van der Waals surface area contributed by atoms with Crippen LogP contribution in [0.5, 0.6) is 0 Å². The van der Waals surface area contributed by atoms with Crippen LogP contribution in [-0.2, 0) is 6.54 Å². The Bertz CT molecular complexity index is 936. The van der Waals surface area contributed by atoms with Crippen molar-refractivity contribution in [3.63, 3.8) is 0 Å². The molecule has 25 heavy (non-hydrogen) atoms. The standard InChI is InChI=1S/C20H22N4O/c1-15-6-7-20(25)24(22-15)14-16-9-12-23(13-10-16)19-8-11-21-18-5-3-2-4-17(18)19/h2-8,11,16H,9-10,12-14H2,1H3. The van der Waals surface area contributed by atoms with E-state index >= 15 is 0 Å². The molecule has 5 nitrogen and oxygen atoms in total. The minimum Gasteiger partial charge on any atom is -0.371 e. The lowest BCUT2D eigenvalue weighted by Crippen LogP contribution is -2.37. The summed E-state index contributed by atoms with van der Waals surface area (Å²) in [6.07, 6.45) is 4.03. The number of aromatic nitrogens is 3. The number of anilines is 1. The van der Waals surface area contributed by atoms with Gasteiger partial charge in [-0.05, 0) is 43.9 Å². The second-order valence-corrected chi connectivity index (χ2v) is 6.77. The molecular weight excluding hydrogens is 312 g/mol. The third-order valence-electron chi connectivity index (χ3n) is 5.01. The molecule has 0 N–H and O–H groups in total. The lowest BCUT2D eigenvalue weighted by molar-refractivity contribution is 0.334. The first-order valence-corrected chi connectivity index (χ1v) is 8.84. The number of piperidine rings is 1. The summed E-state index contributed by atoms with van der Waals surface area (Å²) in [4.78, 5) is 18.9. The van der Waals surface area contributed by atoms with E-state index in [9.17, 15) is 4.79 Å². The van der Waals surface area contributed by atoms with E-state index in [1.807, 2.05) is 19.2 Å². The fourth-order valence-electron chi connectivity index (χ4n) is 3.64. The first-order chi connectivity index (χ1) is 12.2. The number of hydrogen-bond donors (Lipinski definition) is 0. The van der Waals surface area contributed by atoms with Crippen molar-refractivity contribution in [1.29, 1.82) is 0 Å². The van der Waals surface area contributed by atoms with Crippen LogP contribution in [0.15, 0.2) is 53.5 Å². The number of fused-ring (bicyclic) bond motifs is 1. The van der Waals surface area contributed by atoms with E-state index in [1.165, 1.54) is 11.1 Å². The maximum absolute atomic E-state index is 12.0. The highest BCUT2D eigenvalue weighted by atomic mass is 16.1. The van der Waals surface area contributed by atoms with Crippen LogP contribution in [0.2, 0.25) is 0 Å². The van der Waals surface area contributed by atoms with E-state index in [0.29, 0.717) is 12.5 Å². The summed E-state index contributed by atoms with van der Waals surface area (Å²) in [5.74, 6) is 0.497. The second-order valence-electron chi connectivity index (χ2n) is 6.77. The molecule has 0 saturated carbocycles. The minimum atomic E-state index is -0.00634. The Morgan fingerprint density at radius 2 is 1.88 bits per heavy atom. The van der Waals surface area contributed by atoms with E-state index in [2.05, 4.69) is 39.2 Å². The van der Waals surface area contributed by atoms with Gasteiger partial charge in [0.1, 0.15) is 0 Å². The zero-order valence-corrected chi connectivity index (χ0v) is 14.4. The van der Waals surface area contributed by atoms with Crippen LogP contribution >= 0.6 is 0 Å². The smallest absolute Gasteiger partial charge is 0.266 e. The van der Waals surface area contributed by atoms with Crippen LogP contribution in [-0.4, -0.2) is 27.9 Å². The molecule has 2 aromatic heterocycles. The Kier molecular flexibility index (Phi) is 4.22. The summed E-state index contributed by atoms with van der Waals surface area (Å²) in [5, 5.41) is 5.58. The fourth-order valence-corrected chi connectivity index (χ4v) is 3.64. The largest absolute Gasteiger partial charge is 0.371 e. The number of para-hydroxylation sites is 1. The molecule has 0 unspecified atom stereocenters. The van der Waals surface area contributed by atoms with Gasteiger partial charge in [0.2, 0.25) is 0 Å². The quantitative estimate of drug-likeness (QED) is 0.739. The molecule has 0 amide bonds. The van der Waals surface area contributed by atoms with Crippen LogP contribution in [0.3, 0.4) is 0 Å². The number of aryl methyl sites for hydroxylation is 1. The molecule has 0 aliphatic carbocycles. The van der Waals surface area contributed by atoms with Crippen molar-refractivity contribution < 1.29 is 0 Å². The zero-order valence-electron chi connectivity index (χ0n) is 14.4. The van der Waals surface area contributed by atoms with Crippen molar-refractivity contribution in [2.45, 2.75) is 26.3 Å². The van der Waals surface area contributed by atoms with Crippen LogP contribution in [0.25, 0.3) is 10.9 Å². The average molecular weight is 334 g/mol. The van der Waals surface area contributed by atoms with Gasteiger partial charge in [-0.1, -0.05) is 18.2 Å². The van der Waals surface area contributed by atoms with Crippen molar-refractivity contribution in [2.75, 3.05) is 18.0 Å². The molecule has 3 aromatic rings. The van der Waals surface area contributed by atoms with Crippen LogP contribution < -0.4 is 10.5 Å². The average Bonchev–Trinajstić information content (AvgIpc) is 2.65. The second kappa shape index (κ2) is 6.67. The van der Waals surface area contributed by atoms with Crippen molar-refractivity contribution in [3.05, 3.63) is 64.7 Å². The van der Waals surface area contributed by atoms with Gasteiger partial charge in [-0.15, -0.1) is 0 Å². The first-order valence-electron chi connectivity index (χ1n) is 8.84. The van der Waals surface area contributed by atoms with E-state index in [0.717, 1.165) is 37.1 Å². The monoisotopic (exact) mass is 334 g/mol. The number of hydrogen-bond acceptors (Lipinski definition) is 4. The third-order valence-corrected chi connectivity index (χ3v) is 5.01. The predicted molar refractivity (Wildman–Crippen MR) is 99.9 cm³/mol. The molecule has 128 valence electrons. The Morgan fingerprint density at radius 1 is 1.08 bits per heavy atom. The molecule has 1 aliphatic rings. The lowest BCUT2D eigenvalue weighted by Gasteiger charge is -2.34. The summed E-state index contributed by atoms with van der Waals surface area (Å²) in [6.45, 7) is 4.64. The Balaban J connectivity index is 1.48. The van der Waals surface area contributed by atoms with Crippen molar-refractivity contribution in [1.82, 2.24) is 14.8 Å². The topological polar surface area (TPSA) is 51.0 Å². The van der Waals surface area contributed by atoms with Crippen molar-refractivity contribution in [2.24, 2.45) is 5.92 Å². The minimum absolute atomic E-state index is 0.00634. The number of rotatable bonds is 3. The highest BCUT2D eigenvalue weighted by Gasteiger charge is 2.21. The van der Waals surface area contributed by atoms with Gasteiger partial charge in [0.25, 0.3) is 5.56 Å². The van der Waals surface area contributed by atoms with Crippen LogP contribution in [0.4, 0.5) is 5.69 Å². The highest BCUT2D eigenvalue weighted by Crippen LogP contribution is 2.29. The van der Waals surface area contributed by atoms with E-state index in [4.69, 9.17) is 0 Å². The van der Waals surface area contributed by atoms with Gasteiger partial charge in [-0.25, -0.2) is 4.68 Å². The SMILES string of the molecule is Cc1ccc(=O)n(CC2CCN(c3ccnc4ccccc34)CC2)n1. The number of nitrogens with zero attached hydrogens (tertiary/aromatic N) is 4. The van der Waals surface area contributed by atoms with Gasteiger partial charge >= 0.3 is 0 Å². The van der Waals surface area contributed by atoms with Gasteiger partial charge in [0, 0.05) is 43.0 Å². The molecular formula is C20H22N4O. The van der Waals surface area contributed by atoms with Gasteiger partial charge < -0.3 is 4.90 Å². The Hall–Kier alpha value is -2.69. The predicted octanol–water partition coefficient (Wildman–Crippen LogP) is 3.02. The van der Waals surface area contributed by atoms with E-state index in [-0.39, 0.29) is 5.56 Å². The molecule has 1 aliphatic heterocycles. The molecule has 0 bridgehead atoms. The maximum atomic E-state index is 12.0. The molecule has 0 spiro atoms. The lowest BCUT2D eigenvalue weighted by atomic mass is 9.96. The molecule has 1 saturated heterocycles. The highest BCUT2D eigenvalue weighted by molar-refractivity contribution is 5.91. The van der Waals surface area contributed by atoms with Gasteiger partial charge in [-0.3, -0.25) is 9.78 Å². The summed E-state index contributed by atoms with van der Waals surface area (Å²) >= 11 is 0. The molecule has 0 atom stereocenters. The van der Waals surface area contributed by atoms with Crippen molar-refractivity contribution in [3.8, 4) is 0 Å². The zero-order chi connectivity index (χ0) is 17.2. The molecule has 3 heterocycles. The fraction of sp³-hybridized carbons (Fsp3) is 0.350. The first kappa shape index (κ1) is 15.8. The molecule has 5 heteroatoms. The summed E-state index contributed by atoms with van der Waals surface area (Å²) in [7, 11) is 0. The van der Waals surface area contributed by atoms with Crippen molar-refractivity contribution >= 4 is 16.6 Å². The van der Waals surface area contributed by atoms with E-state index in [1.54, 1.807) is 16.8 Å². The molecule has 1 fully saturated rings. The van der Waals surface area contributed by atoms with Gasteiger partial charge in [0.15, 0.2) is 0 Å². The van der Waals surface area contributed by atoms with Gasteiger partial charge in [-0.2, -0.15) is 5.10 Å². The van der Waals surface area contributed by atoms with E-state index < -0.39 is 0 Å². The summed E-state index contributed by atoms with van der Waals surface area (Å²) < 4.78 is 1.62. The van der Waals surface area contributed by atoms with Gasteiger partial charge in [0.05, 0.1) is 11.2 Å². The Morgan fingerprint density at radius 3 is 2.72 bits per heavy atom. The van der Waals surface area contributed by atoms with Crippen LogP contribution in [0, 0.1) is 12.8 Å². The number of pyridine rings is 1. The maximum Gasteiger partial charge on any atom is 0.266 e. The normalized spacial score (nSPS) is 15.6. The molecule has 1 aromatic carbocycles.